The average molecular weight is 235 g/mol. The number of hydrogen-bond acceptors (Lipinski definition) is 3. The molecule has 0 aliphatic heterocycles. The number of nitrogens with one attached hydrogen (secondary N) is 1. The van der Waals surface area contributed by atoms with E-state index >= 15 is 0 Å². The fourth-order valence-electron chi connectivity index (χ4n) is 1.29. The van der Waals surface area contributed by atoms with Gasteiger partial charge >= 0.3 is 5.97 Å². The van der Waals surface area contributed by atoms with Crippen LogP contribution in [-0.4, -0.2) is 30.8 Å². The lowest BCUT2D eigenvalue weighted by atomic mass is 10.0. The van der Waals surface area contributed by atoms with E-state index in [9.17, 15) is 13.2 Å². The van der Waals surface area contributed by atoms with Crippen LogP contribution in [0.25, 0.3) is 0 Å². The minimum Gasteiger partial charge on any atom is -0.481 e. The molecule has 0 aromatic heterocycles. The lowest BCUT2D eigenvalue weighted by Crippen LogP contribution is -2.41. The summed E-state index contributed by atoms with van der Waals surface area (Å²) in [5, 5.41) is 8.35. The van der Waals surface area contributed by atoms with Crippen LogP contribution in [0.15, 0.2) is 0 Å². The molecule has 0 amide bonds. The number of hydrogen-bond donors (Lipinski definition) is 2. The molecule has 1 fully saturated rings. The molecule has 0 aromatic carbocycles. The molecule has 1 saturated carbocycles. The van der Waals surface area contributed by atoms with Gasteiger partial charge in [-0.2, -0.15) is 0 Å². The first-order chi connectivity index (χ1) is 6.83. The van der Waals surface area contributed by atoms with Crippen LogP contribution in [0.3, 0.4) is 0 Å². The quantitative estimate of drug-likeness (QED) is 0.705. The third-order valence-corrected chi connectivity index (χ3v) is 4.46. The van der Waals surface area contributed by atoms with Gasteiger partial charge < -0.3 is 5.11 Å². The van der Waals surface area contributed by atoms with Crippen molar-refractivity contribution in [1.29, 1.82) is 0 Å². The highest BCUT2D eigenvalue weighted by Gasteiger charge is 2.37. The minimum atomic E-state index is -3.29. The molecule has 5 nitrogen and oxygen atoms in total. The predicted octanol–water partition coefficient (Wildman–Crippen LogP) is 0.568. The van der Waals surface area contributed by atoms with E-state index in [1.54, 1.807) is 0 Å². The lowest BCUT2D eigenvalue weighted by Gasteiger charge is -2.20. The van der Waals surface area contributed by atoms with E-state index in [-0.39, 0.29) is 17.6 Å². The van der Waals surface area contributed by atoms with Crippen LogP contribution in [0.2, 0.25) is 0 Å². The number of carboxylic acids is 1. The smallest absolute Gasteiger partial charge is 0.304 e. The van der Waals surface area contributed by atoms with Gasteiger partial charge in [0.15, 0.2) is 0 Å². The molecule has 15 heavy (non-hydrogen) atoms. The Morgan fingerprint density at radius 2 is 2.00 bits per heavy atom. The Labute approximate surface area is 89.9 Å². The number of sulfonamides is 1. The van der Waals surface area contributed by atoms with Crippen LogP contribution < -0.4 is 4.72 Å². The Bertz CT molecular complexity index is 332. The highest BCUT2D eigenvalue weighted by Crippen LogP contribution is 2.28. The zero-order valence-corrected chi connectivity index (χ0v) is 9.75. The van der Waals surface area contributed by atoms with Crippen molar-refractivity contribution in [3.05, 3.63) is 0 Å². The molecule has 6 heteroatoms. The summed E-state index contributed by atoms with van der Waals surface area (Å²) in [5.74, 6) is -0.998. The molecule has 88 valence electrons. The van der Waals surface area contributed by atoms with E-state index in [2.05, 4.69) is 4.72 Å². The summed E-state index contributed by atoms with van der Waals surface area (Å²) in [6, 6.07) is -0.506. The lowest BCUT2D eigenvalue weighted by molar-refractivity contribution is -0.137. The van der Waals surface area contributed by atoms with Gasteiger partial charge in [0.05, 0.1) is 11.7 Å². The van der Waals surface area contributed by atoms with Crippen LogP contribution >= 0.6 is 0 Å². The molecular formula is C9H17NO4S. The Kier molecular flexibility index (Phi) is 3.72. The maximum Gasteiger partial charge on any atom is 0.304 e. The molecule has 0 spiro atoms. The SMILES string of the molecule is CC(C)C(CC(=O)O)NS(=O)(=O)C1CC1. The number of carbonyl (C=O) groups is 1. The molecule has 0 aromatic rings. The van der Waals surface area contributed by atoms with E-state index in [4.69, 9.17) is 5.11 Å². The van der Waals surface area contributed by atoms with Crippen molar-refractivity contribution in [2.24, 2.45) is 5.92 Å². The standard InChI is InChI=1S/C9H17NO4S/c1-6(2)8(5-9(11)12)10-15(13,14)7-3-4-7/h6-8,10H,3-5H2,1-2H3,(H,11,12). The second kappa shape index (κ2) is 4.49. The van der Waals surface area contributed by atoms with Crippen LogP contribution in [0.1, 0.15) is 33.1 Å². The van der Waals surface area contributed by atoms with Gasteiger partial charge in [-0.15, -0.1) is 0 Å². The van der Waals surface area contributed by atoms with Crippen molar-refractivity contribution in [3.63, 3.8) is 0 Å². The zero-order valence-electron chi connectivity index (χ0n) is 8.93. The summed E-state index contributed by atoms with van der Waals surface area (Å²) in [5.41, 5.74) is 0. The van der Waals surface area contributed by atoms with Gasteiger partial charge in [0, 0.05) is 6.04 Å². The summed E-state index contributed by atoms with van der Waals surface area (Å²) in [6.07, 6.45) is 1.21. The predicted molar refractivity (Wildman–Crippen MR) is 56.0 cm³/mol. The highest BCUT2D eigenvalue weighted by atomic mass is 32.2. The van der Waals surface area contributed by atoms with Gasteiger partial charge in [-0.05, 0) is 18.8 Å². The normalized spacial score (nSPS) is 19.1. The first-order valence-corrected chi connectivity index (χ1v) is 6.60. The average Bonchev–Trinajstić information content (AvgIpc) is 2.82. The van der Waals surface area contributed by atoms with Crippen LogP contribution in [0.5, 0.6) is 0 Å². The van der Waals surface area contributed by atoms with E-state index in [0.29, 0.717) is 12.8 Å². The molecule has 1 atom stereocenters. The van der Waals surface area contributed by atoms with Crippen LogP contribution in [0.4, 0.5) is 0 Å². The summed E-state index contributed by atoms with van der Waals surface area (Å²) >= 11 is 0. The molecule has 2 N–H and O–H groups in total. The number of carboxylic acid groups (broad SMARTS) is 1. The summed E-state index contributed by atoms with van der Waals surface area (Å²) in [7, 11) is -3.29. The van der Waals surface area contributed by atoms with Gasteiger partial charge in [0.25, 0.3) is 0 Å². The van der Waals surface area contributed by atoms with Gasteiger partial charge in [-0.25, -0.2) is 13.1 Å². The second-order valence-electron chi connectivity index (χ2n) is 4.31. The third-order valence-electron chi connectivity index (χ3n) is 2.48. The Morgan fingerprint density at radius 1 is 1.47 bits per heavy atom. The van der Waals surface area contributed by atoms with Gasteiger partial charge in [0.1, 0.15) is 0 Å². The Hall–Kier alpha value is -0.620. The van der Waals surface area contributed by atoms with Crippen LogP contribution in [0, 0.1) is 5.92 Å². The van der Waals surface area contributed by atoms with E-state index < -0.39 is 22.0 Å². The van der Waals surface area contributed by atoms with Crippen molar-refractivity contribution >= 4 is 16.0 Å². The van der Waals surface area contributed by atoms with Crippen molar-refractivity contribution < 1.29 is 18.3 Å². The third kappa shape index (κ3) is 3.79. The summed E-state index contributed by atoms with van der Waals surface area (Å²) in [6.45, 7) is 3.62. The highest BCUT2D eigenvalue weighted by molar-refractivity contribution is 7.90. The van der Waals surface area contributed by atoms with Crippen molar-refractivity contribution in [3.8, 4) is 0 Å². The molecule has 0 saturated heterocycles. The van der Waals surface area contributed by atoms with E-state index in [1.807, 2.05) is 13.8 Å². The van der Waals surface area contributed by atoms with Crippen molar-refractivity contribution in [1.82, 2.24) is 4.72 Å². The minimum absolute atomic E-state index is 0.0189. The maximum atomic E-state index is 11.6. The molecule has 1 aliphatic rings. The number of rotatable bonds is 6. The zero-order chi connectivity index (χ0) is 11.6. The largest absolute Gasteiger partial charge is 0.481 e. The monoisotopic (exact) mass is 235 g/mol. The first-order valence-electron chi connectivity index (χ1n) is 5.06. The Morgan fingerprint density at radius 3 is 2.33 bits per heavy atom. The van der Waals surface area contributed by atoms with E-state index in [1.165, 1.54) is 0 Å². The molecule has 0 heterocycles. The molecular weight excluding hydrogens is 218 g/mol. The first kappa shape index (κ1) is 12.4. The van der Waals surface area contributed by atoms with Gasteiger partial charge in [-0.1, -0.05) is 13.8 Å². The Balaban J connectivity index is 2.61. The van der Waals surface area contributed by atoms with Crippen molar-refractivity contribution in [2.45, 2.75) is 44.4 Å². The fraction of sp³-hybridized carbons (Fsp3) is 0.889. The maximum absolute atomic E-state index is 11.6. The fourth-order valence-corrected chi connectivity index (χ4v) is 3.01. The number of aliphatic carboxylic acids is 1. The second-order valence-corrected chi connectivity index (χ2v) is 6.30. The summed E-state index contributed by atoms with van der Waals surface area (Å²) in [4.78, 5) is 10.6. The molecule has 0 bridgehead atoms. The molecule has 1 aliphatic carbocycles. The van der Waals surface area contributed by atoms with Crippen LogP contribution in [-0.2, 0) is 14.8 Å². The van der Waals surface area contributed by atoms with E-state index in [0.717, 1.165) is 0 Å². The molecule has 1 unspecified atom stereocenters. The molecule has 1 rings (SSSR count). The van der Waals surface area contributed by atoms with Gasteiger partial charge in [0.2, 0.25) is 10.0 Å². The molecule has 0 radical (unpaired) electrons. The van der Waals surface area contributed by atoms with Crippen molar-refractivity contribution in [2.75, 3.05) is 0 Å². The topological polar surface area (TPSA) is 83.5 Å². The van der Waals surface area contributed by atoms with Gasteiger partial charge in [-0.3, -0.25) is 4.79 Å². The summed E-state index contributed by atoms with van der Waals surface area (Å²) < 4.78 is 25.6.